The normalized spacial score (nSPS) is 20.9. The zero-order valence-electron chi connectivity index (χ0n) is 9.18. The van der Waals surface area contributed by atoms with Gasteiger partial charge in [0.25, 0.3) is 0 Å². The molecule has 6 heteroatoms. The third-order valence-electron chi connectivity index (χ3n) is 2.63. The van der Waals surface area contributed by atoms with E-state index in [0.717, 1.165) is 19.5 Å². The van der Waals surface area contributed by atoms with Crippen LogP contribution in [0, 0.1) is 0 Å². The van der Waals surface area contributed by atoms with Crippen molar-refractivity contribution >= 4 is 23.2 Å². The van der Waals surface area contributed by atoms with Crippen molar-refractivity contribution in [1.29, 1.82) is 0 Å². The molecule has 1 aromatic heterocycles. The highest BCUT2D eigenvalue weighted by molar-refractivity contribution is 7.80. The topological polar surface area (TPSA) is 67.1 Å². The van der Waals surface area contributed by atoms with Gasteiger partial charge in [-0.25, -0.2) is 9.97 Å². The van der Waals surface area contributed by atoms with Crippen molar-refractivity contribution in [1.82, 2.24) is 14.9 Å². The van der Waals surface area contributed by atoms with Gasteiger partial charge in [0.15, 0.2) is 0 Å². The summed E-state index contributed by atoms with van der Waals surface area (Å²) in [7, 11) is 2.11. The van der Waals surface area contributed by atoms with Gasteiger partial charge in [0.05, 0.1) is 0 Å². The summed E-state index contributed by atoms with van der Waals surface area (Å²) in [4.78, 5) is 11.0. The average molecular weight is 237 g/mol. The molecule has 0 bridgehead atoms. The summed E-state index contributed by atoms with van der Waals surface area (Å²) < 4.78 is 0. The largest absolute Gasteiger partial charge is 0.388 e. The Morgan fingerprint density at radius 3 is 3.12 bits per heavy atom. The van der Waals surface area contributed by atoms with Crippen LogP contribution >= 0.6 is 12.2 Å². The Morgan fingerprint density at radius 1 is 1.69 bits per heavy atom. The Bertz CT molecular complexity index is 395. The number of anilines is 1. The number of aromatic nitrogens is 2. The molecule has 0 saturated carbocycles. The first-order valence-corrected chi connectivity index (χ1v) is 5.64. The van der Waals surface area contributed by atoms with Gasteiger partial charge in [-0.1, -0.05) is 12.2 Å². The van der Waals surface area contributed by atoms with Gasteiger partial charge in [-0.2, -0.15) is 0 Å². The van der Waals surface area contributed by atoms with Gasteiger partial charge in [-0.3, -0.25) is 0 Å². The molecule has 1 fully saturated rings. The molecule has 0 radical (unpaired) electrons. The van der Waals surface area contributed by atoms with E-state index < -0.39 is 0 Å². The maximum atomic E-state index is 5.52. The molecule has 5 nitrogen and oxygen atoms in total. The monoisotopic (exact) mass is 237 g/mol. The maximum Gasteiger partial charge on any atom is 0.223 e. The number of nitrogens with two attached hydrogens (primary N) is 1. The van der Waals surface area contributed by atoms with Crippen molar-refractivity contribution in [2.45, 2.75) is 12.5 Å². The van der Waals surface area contributed by atoms with Crippen LogP contribution in [0.1, 0.15) is 12.1 Å². The molecule has 0 aliphatic carbocycles. The Balaban J connectivity index is 2.04. The molecule has 3 N–H and O–H groups in total. The number of rotatable bonds is 3. The summed E-state index contributed by atoms with van der Waals surface area (Å²) in [5, 5.41) is 3.29. The SMILES string of the molecule is CN1CCC(Nc2nccc(C(N)=S)n2)C1. The van der Waals surface area contributed by atoms with Crippen molar-refractivity contribution < 1.29 is 0 Å². The van der Waals surface area contributed by atoms with Crippen molar-refractivity contribution in [3.63, 3.8) is 0 Å². The predicted octanol–water partition coefficient (Wildman–Crippen LogP) is 0.227. The highest BCUT2D eigenvalue weighted by Crippen LogP contribution is 2.11. The third kappa shape index (κ3) is 2.65. The third-order valence-corrected chi connectivity index (χ3v) is 2.84. The van der Waals surface area contributed by atoms with Crippen molar-refractivity contribution in [3.8, 4) is 0 Å². The summed E-state index contributed by atoms with van der Waals surface area (Å²) in [6.07, 6.45) is 2.78. The Labute approximate surface area is 100 Å². The molecule has 16 heavy (non-hydrogen) atoms. The summed E-state index contributed by atoms with van der Waals surface area (Å²) in [5.41, 5.74) is 6.13. The smallest absolute Gasteiger partial charge is 0.223 e. The van der Waals surface area contributed by atoms with E-state index in [2.05, 4.69) is 27.2 Å². The number of nitrogens with zero attached hydrogens (tertiary/aromatic N) is 3. The lowest BCUT2D eigenvalue weighted by atomic mass is 10.3. The van der Waals surface area contributed by atoms with Gasteiger partial charge in [-0.05, 0) is 26.1 Å². The molecular weight excluding hydrogens is 222 g/mol. The fourth-order valence-electron chi connectivity index (χ4n) is 1.80. The number of nitrogens with one attached hydrogen (secondary N) is 1. The highest BCUT2D eigenvalue weighted by Gasteiger charge is 2.19. The van der Waals surface area contributed by atoms with E-state index in [1.54, 1.807) is 12.3 Å². The fraction of sp³-hybridized carbons (Fsp3) is 0.500. The first-order chi connectivity index (χ1) is 7.65. The molecule has 1 aliphatic rings. The van der Waals surface area contributed by atoms with Crippen LogP contribution in [0.2, 0.25) is 0 Å². The minimum atomic E-state index is 0.300. The molecule has 1 aliphatic heterocycles. The second kappa shape index (κ2) is 4.71. The zero-order valence-corrected chi connectivity index (χ0v) is 10.00. The van der Waals surface area contributed by atoms with Crippen LogP contribution in [0.4, 0.5) is 5.95 Å². The van der Waals surface area contributed by atoms with E-state index in [1.807, 2.05) is 0 Å². The van der Waals surface area contributed by atoms with E-state index in [0.29, 0.717) is 22.7 Å². The molecular formula is C10H15N5S. The quantitative estimate of drug-likeness (QED) is 0.733. The average Bonchev–Trinajstić information content (AvgIpc) is 2.64. The molecule has 0 amide bonds. The second-order valence-corrected chi connectivity index (χ2v) is 4.46. The molecule has 0 spiro atoms. The van der Waals surface area contributed by atoms with Gasteiger partial charge >= 0.3 is 0 Å². The number of thiocarbonyl (C=S) groups is 1. The van der Waals surface area contributed by atoms with Crippen LogP contribution in [0.3, 0.4) is 0 Å². The van der Waals surface area contributed by atoms with Crippen LogP contribution in [0.15, 0.2) is 12.3 Å². The zero-order chi connectivity index (χ0) is 11.5. The summed E-state index contributed by atoms with van der Waals surface area (Å²) in [5.74, 6) is 0.602. The van der Waals surface area contributed by atoms with Crippen LogP contribution in [-0.2, 0) is 0 Å². The summed E-state index contributed by atoms with van der Waals surface area (Å²) >= 11 is 4.87. The summed E-state index contributed by atoms with van der Waals surface area (Å²) in [6.45, 7) is 2.12. The molecule has 1 atom stereocenters. The van der Waals surface area contributed by atoms with Crippen molar-refractivity contribution in [3.05, 3.63) is 18.0 Å². The number of likely N-dealkylation sites (N-methyl/N-ethyl adjacent to an activating group) is 1. The fourth-order valence-corrected chi connectivity index (χ4v) is 1.91. The van der Waals surface area contributed by atoms with Crippen molar-refractivity contribution in [2.24, 2.45) is 5.73 Å². The molecule has 1 aromatic rings. The lowest BCUT2D eigenvalue weighted by Crippen LogP contribution is -2.25. The van der Waals surface area contributed by atoms with Crippen LogP contribution < -0.4 is 11.1 Å². The summed E-state index contributed by atoms with van der Waals surface area (Å²) in [6, 6.07) is 2.13. The van der Waals surface area contributed by atoms with Gasteiger partial charge in [0.2, 0.25) is 5.95 Å². The van der Waals surface area contributed by atoms with E-state index in [4.69, 9.17) is 18.0 Å². The Kier molecular flexibility index (Phi) is 3.31. The second-order valence-electron chi connectivity index (χ2n) is 4.02. The van der Waals surface area contributed by atoms with Gasteiger partial charge in [-0.15, -0.1) is 0 Å². The molecule has 2 rings (SSSR count). The molecule has 1 unspecified atom stereocenters. The van der Waals surface area contributed by atoms with E-state index in [9.17, 15) is 0 Å². The van der Waals surface area contributed by atoms with E-state index >= 15 is 0 Å². The Hall–Kier alpha value is -1.27. The van der Waals surface area contributed by atoms with Crippen molar-refractivity contribution in [2.75, 3.05) is 25.5 Å². The van der Waals surface area contributed by atoms with Crippen LogP contribution in [0.5, 0.6) is 0 Å². The minimum Gasteiger partial charge on any atom is -0.388 e. The molecule has 86 valence electrons. The first kappa shape index (κ1) is 11.2. The molecule has 0 aromatic carbocycles. The van der Waals surface area contributed by atoms with E-state index in [1.165, 1.54) is 0 Å². The number of hydrogen-bond donors (Lipinski definition) is 2. The lowest BCUT2D eigenvalue weighted by Gasteiger charge is -2.12. The van der Waals surface area contributed by atoms with Crippen LogP contribution in [0.25, 0.3) is 0 Å². The minimum absolute atomic E-state index is 0.300. The first-order valence-electron chi connectivity index (χ1n) is 5.23. The van der Waals surface area contributed by atoms with Gasteiger partial charge in [0, 0.05) is 18.8 Å². The maximum absolute atomic E-state index is 5.52. The predicted molar refractivity (Wildman–Crippen MR) is 67.4 cm³/mol. The lowest BCUT2D eigenvalue weighted by molar-refractivity contribution is 0.414. The van der Waals surface area contributed by atoms with Gasteiger partial charge in [0.1, 0.15) is 10.7 Å². The number of likely N-dealkylation sites (tertiary alicyclic amines) is 1. The molecule has 1 saturated heterocycles. The van der Waals surface area contributed by atoms with Crippen LogP contribution in [-0.4, -0.2) is 46.0 Å². The Morgan fingerprint density at radius 2 is 2.50 bits per heavy atom. The molecule has 2 heterocycles. The van der Waals surface area contributed by atoms with E-state index in [-0.39, 0.29) is 0 Å². The van der Waals surface area contributed by atoms with Gasteiger partial charge < -0.3 is 16.0 Å². The number of hydrogen-bond acceptors (Lipinski definition) is 5. The standard InChI is InChI=1S/C10H15N5S/c1-15-5-3-7(6-15)13-10-12-4-2-8(14-10)9(11)16/h2,4,7H,3,5-6H2,1H3,(H2,11,16)(H,12,13,14). The highest BCUT2D eigenvalue weighted by atomic mass is 32.1.